The summed E-state index contributed by atoms with van der Waals surface area (Å²) in [6, 6.07) is 16.7. The number of fused-ring (bicyclic) bond motifs is 1. The van der Waals surface area contributed by atoms with E-state index in [9.17, 15) is 9.18 Å². The summed E-state index contributed by atoms with van der Waals surface area (Å²) in [6.07, 6.45) is 3.55. The number of nitrogens with one attached hydrogen (secondary N) is 1. The van der Waals surface area contributed by atoms with Gasteiger partial charge in [-0.1, -0.05) is 41.4 Å². The normalized spacial score (nSPS) is 14.1. The lowest BCUT2D eigenvalue weighted by Gasteiger charge is -2.19. The van der Waals surface area contributed by atoms with Crippen molar-refractivity contribution < 1.29 is 13.9 Å². The maximum Gasteiger partial charge on any atom is 0.272 e. The SMILES string of the molecule is O=C(NCc1ccccn1)c1nn(-c2ccc(Cl)cc2Cl)c2c1COC/C2=C\c1ccc(F)cc1. The summed E-state index contributed by atoms with van der Waals surface area (Å²) in [7, 11) is 0. The van der Waals surface area contributed by atoms with Gasteiger partial charge < -0.3 is 10.1 Å². The molecule has 0 radical (unpaired) electrons. The molecule has 4 aromatic rings. The first-order valence-electron chi connectivity index (χ1n) is 10.8. The number of rotatable bonds is 5. The second kappa shape index (κ2) is 10.00. The van der Waals surface area contributed by atoms with E-state index in [0.29, 0.717) is 27.0 Å². The molecule has 0 aliphatic carbocycles. The van der Waals surface area contributed by atoms with E-state index in [1.54, 1.807) is 41.2 Å². The van der Waals surface area contributed by atoms with Gasteiger partial charge in [0.15, 0.2) is 5.69 Å². The first-order chi connectivity index (χ1) is 17.0. The first-order valence-corrected chi connectivity index (χ1v) is 11.5. The van der Waals surface area contributed by atoms with Gasteiger partial charge in [0.05, 0.1) is 41.9 Å². The summed E-state index contributed by atoms with van der Waals surface area (Å²) in [5.74, 6) is -0.681. The number of carbonyl (C=O) groups is 1. The lowest BCUT2D eigenvalue weighted by atomic mass is 10.0. The van der Waals surface area contributed by atoms with Crippen molar-refractivity contribution >= 4 is 40.8 Å². The summed E-state index contributed by atoms with van der Waals surface area (Å²) in [5, 5.41) is 8.39. The number of benzene rings is 2. The zero-order chi connectivity index (χ0) is 24.4. The van der Waals surface area contributed by atoms with E-state index in [1.807, 2.05) is 24.3 Å². The van der Waals surface area contributed by atoms with E-state index in [2.05, 4.69) is 15.4 Å². The molecule has 176 valence electrons. The van der Waals surface area contributed by atoms with Gasteiger partial charge >= 0.3 is 0 Å². The third-order valence-corrected chi connectivity index (χ3v) is 6.05. The van der Waals surface area contributed by atoms with Crippen LogP contribution in [0.25, 0.3) is 17.3 Å². The van der Waals surface area contributed by atoms with Gasteiger partial charge in [0.1, 0.15) is 5.82 Å². The number of ether oxygens (including phenoxy) is 1. The number of aromatic nitrogens is 3. The van der Waals surface area contributed by atoms with E-state index >= 15 is 0 Å². The molecular formula is C26H19Cl2FN4O2. The number of hydrogen-bond donors (Lipinski definition) is 1. The van der Waals surface area contributed by atoms with Crippen LogP contribution in [-0.4, -0.2) is 27.3 Å². The molecule has 0 atom stereocenters. The second-order valence-corrected chi connectivity index (χ2v) is 8.74. The average molecular weight is 509 g/mol. The van der Waals surface area contributed by atoms with Crippen molar-refractivity contribution in [3.63, 3.8) is 0 Å². The molecule has 35 heavy (non-hydrogen) atoms. The molecule has 9 heteroatoms. The Morgan fingerprint density at radius 2 is 1.94 bits per heavy atom. The van der Waals surface area contributed by atoms with Gasteiger partial charge in [-0.25, -0.2) is 9.07 Å². The van der Waals surface area contributed by atoms with Crippen LogP contribution in [0.3, 0.4) is 0 Å². The maximum atomic E-state index is 13.4. The third-order valence-electron chi connectivity index (χ3n) is 5.51. The Kier molecular flexibility index (Phi) is 6.63. The minimum absolute atomic E-state index is 0.202. The summed E-state index contributed by atoms with van der Waals surface area (Å²) in [6.45, 7) is 0.742. The molecule has 5 rings (SSSR count). The van der Waals surface area contributed by atoms with Crippen molar-refractivity contribution in [2.24, 2.45) is 0 Å². The van der Waals surface area contributed by atoms with Crippen molar-refractivity contribution in [2.75, 3.05) is 6.61 Å². The molecular weight excluding hydrogens is 490 g/mol. The number of carbonyl (C=O) groups excluding carboxylic acids is 1. The molecule has 1 aliphatic rings. The standard InChI is InChI=1S/C26H19Cl2FN4O2/c27-18-6-9-23(22(28)12-18)33-25-17(11-16-4-7-19(29)8-5-16)14-35-15-21(25)24(32-33)26(34)31-13-20-3-1-2-10-30-20/h1-12H,13-15H2,(H,31,34)/b17-11+. The van der Waals surface area contributed by atoms with Crippen molar-refractivity contribution in [2.45, 2.75) is 13.2 Å². The minimum Gasteiger partial charge on any atom is -0.372 e. The lowest BCUT2D eigenvalue weighted by molar-refractivity contribution is 0.0937. The van der Waals surface area contributed by atoms with Crippen molar-refractivity contribution in [3.05, 3.63) is 111 Å². The van der Waals surface area contributed by atoms with Crippen molar-refractivity contribution in [1.29, 1.82) is 0 Å². The minimum atomic E-state index is -0.359. The number of nitrogens with zero attached hydrogens (tertiary/aromatic N) is 3. The maximum absolute atomic E-state index is 13.4. The predicted octanol–water partition coefficient (Wildman–Crippen LogP) is 5.71. The number of pyridine rings is 1. The summed E-state index contributed by atoms with van der Waals surface area (Å²) in [5.41, 5.74) is 4.42. The van der Waals surface area contributed by atoms with E-state index in [-0.39, 0.29) is 37.2 Å². The molecule has 0 saturated carbocycles. The van der Waals surface area contributed by atoms with E-state index in [1.165, 1.54) is 12.1 Å². The average Bonchev–Trinajstić information content (AvgIpc) is 3.25. The van der Waals surface area contributed by atoms with E-state index in [0.717, 1.165) is 16.8 Å². The fraction of sp³-hybridized carbons (Fsp3) is 0.115. The molecule has 0 unspecified atom stereocenters. The van der Waals surface area contributed by atoms with Crippen LogP contribution < -0.4 is 5.32 Å². The fourth-order valence-corrected chi connectivity index (χ4v) is 4.37. The Hall–Kier alpha value is -3.52. The number of hydrogen-bond acceptors (Lipinski definition) is 4. The summed E-state index contributed by atoms with van der Waals surface area (Å²) in [4.78, 5) is 17.4. The molecule has 1 aliphatic heterocycles. The van der Waals surface area contributed by atoms with Gasteiger partial charge in [0.2, 0.25) is 0 Å². The van der Waals surface area contributed by atoms with Gasteiger partial charge in [-0.05, 0) is 54.1 Å². The van der Waals surface area contributed by atoms with Crippen LogP contribution in [0.1, 0.15) is 33.0 Å². The molecule has 0 saturated heterocycles. The summed E-state index contributed by atoms with van der Waals surface area (Å²) >= 11 is 12.6. The molecule has 1 amide bonds. The van der Waals surface area contributed by atoms with Gasteiger partial charge in [0.25, 0.3) is 5.91 Å². The lowest BCUT2D eigenvalue weighted by Crippen LogP contribution is -2.25. The van der Waals surface area contributed by atoms with Crippen LogP contribution in [0.2, 0.25) is 10.0 Å². The highest BCUT2D eigenvalue weighted by atomic mass is 35.5. The van der Waals surface area contributed by atoms with Crippen LogP contribution in [-0.2, 0) is 17.9 Å². The highest BCUT2D eigenvalue weighted by Crippen LogP contribution is 2.34. The molecule has 2 aromatic carbocycles. The predicted molar refractivity (Wildman–Crippen MR) is 133 cm³/mol. The number of halogens is 3. The van der Waals surface area contributed by atoms with Gasteiger partial charge in [-0.2, -0.15) is 5.10 Å². The van der Waals surface area contributed by atoms with Crippen LogP contribution >= 0.6 is 23.2 Å². The quantitative estimate of drug-likeness (QED) is 0.374. The van der Waals surface area contributed by atoms with Gasteiger partial charge in [-0.15, -0.1) is 0 Å². The number of amides is 1. The monoisotopic (exact) mass is 508 g/mol. The third kappa shape index (κ3) is 4.98. The Labute approximate surface area is 211 Å². The van der Waals surface area contributed by atoms with Crippen molar-refractivity contribution in [3.8, 4) is 5.69 Å². The Morgan fingerprint density at radius 1 is 1.11 bits per heavy atom. The topological polar surface area (TPSA) is 69.0 Å². The second-order valence-electron chi connectivity index (χ2n) is 7.90. The smallest absolute Gasteiger partial charge is 0.272 e. The van der Waals surface area contributed by atoms with E-state index < -0.39 is 0 Å². The van der Waals surface area contributed by atoms with Crippen LogP contribution in [0, 0.1) is 5.82 Å². The molecule has 0 spiro atoms. The highest BCUT2D eigenvalue weighted by molar-refractivity contribution is 6.35. The Bertz CT molecular complexity index is 1420. The highest BCUT2D eigenvalue weighted by Gasteiger charge is 2.29. The molecule has 3 heterocycles. The van der Waals surface area contributed by atoms with Crippen LogP contribution in [0.15, 0.2) is 66.9 Å². The molecule has 0 fully saturated rings. The Balaban J connectivity index is 1.60. The Morgan fingerprint density at radius 3 is 2.69 bits per heavy atom. The van der Waals surface area contributed by atoms with Crippen LogP contribution in [0.4, 0.5) is 4.39 Å². The summed E-state index contributed by atoms with van der Waals surface area (Å²) < 4.78 is 20.9. The van der Waals surface area contributed by atoms with Gasteiger partial charge in [0, 0.05) is 22.4 Å². The largest absolute Gasteiger partial charge is 0.372 e. The van der Waals surface area contributed by atoms with Gasteiger partial charge in [-0.3, -0.25) is 9.78 Å². The molecule has 1 N–H and O–H groups in total. The molecule has 0 bridgehead atoms. The molecule has 6 nitrogen and oxygen atoms in total. The van der Waals surface area contributed by atoms with E-state index in [4.69, 9.17) is 27.9 Å². The fourth-order valence-electron chi connectivity index (χ4n) is 3.89. The van der Waals surface area contributed by atoms with Crippen molar-refractivity contribution in [1.82, 2.24) is 20.1 Å². The molecule has 2 aromatic heterocycles. The first kappa shape index (κ1) is 23.2. The zero-order valence-electron chi connectivity index (χ0n) is 18.3. The van der Waals surface area contributed by atoms with Crippen LogP contribution in [0.5, 0.6) is 0 Å². The zero-order valence-corrected chi connectivity index (χ0v) is 19.9.